The Hall–Kier alpha value is -3.98. The van der Waals surface area contributed by atoms with Gasteiger partial charge in [0.25, 0.3) is 5.91 Å². The molecule has 2 aromatic carbocycles. The Labute approximate surface area is 182 Å². The second-order valence-electron chi connectivity index (χ2n) is 6.98. The molecule has 0 saturated heterocycles. The zero-order valence-corrected chi connectivity index (χ0v) is 17.5. The number of H-pyrrole nitrogens is 1. The topological polar surface area (TPSA) is 101 Å². The number of nitrogens with one attached hydrogen (secondary N) is 3. The SMILES string of the molecule is CNc1ncc(-c2ccc3c(C(=O)Nc4cnn(Cc5ccccc5)c4)n[nH]c3c2)s1. The van der Waals surface area contributed by atoms with E-state index in [0.29, 0.717) is 17.9 Å². The molecular formula is C22H19N7OS. The standard InChI is InChI=1S/C22H19N7OS/c1-23-22-24-11-19(31-22)15-7-8-17-18(9-15)27-28-20(17)21(30)26-16-10-25-29(13-16)12-14-5-3-2-4-6-14/h2-11,13H,12H2,1H3,(H,23,24)(H,26,30)(H,27,28). The highest BCUT2D eigenvalue weighted by Crippen LogP contribution is 2.31. The predicted octanol–water partition coefficient (Wildman–Crippen LogP) is 4.23. The van der Waals surface area contributed by atoms with Crippen molar-refractivity contribution >= 4 is 39.0 Å². The number of hydrogen-bond acceptors (Lipinski definition) is 6. The van der Waals surface area contributed by atoms with E-state index >= 15 is 0 Å². The van der Waals surface area contributed by atoms with Crippen molar-refractivity contribution in [1.82, 2.24) is 25.0 Å². The van der Waals surface area contributed by atoms with Crippen LogP contribution in [0.1, 0.15) is 16.1 Å². The van der Waals surface area contributed by atoms with Crippen LogP contribution in [0.5, 0.6) is 0 Å². The third-order valence-corrected chi connectivity index (χ3v) is 5.92. The molecule has 9 heteroatoms. The van der Waals surface area contributed by atoms with E-state index < -0.39 is 0 Å². The highest BCUT2D eigenvalue weighted by Gasteiger charge is 2.16. The zero-order valence-electron chi connectivity index (χ0n) is 16.7. The fourth-order valence-electron chi connectivity index (χ4n) is 3.34. The van der Waals surface area contributed by atoms with Crippen molar-refractivity contribution < 1.29 is 4.79 Å². The van der Waals surface area contributed by atoms with E-state index in [2.05, 4.69) is 30.9 Å². The molecule has 5 aromatic rings. The van der Waals surface area contributed by atoms with Gasteiger partial charge >= 0.3 is 0 Å². The van der Waals surface area contributed by atoms with Crippen LogP contribution >= 0.6 is 11.3 Å². The third kappa shape index (κ3) is 3.90. The second kappa shape index (κ2) is 8.04. The van der Waals surface area contributed by atoms with Crippen molar-refractivity contribution in [3.8, 4) is 10.4 Å². The van der Waals surface area contributed by atoms with Gasteiger partial charge in [0.05, 0.1) is 28.8 Å². The minimum Gasteiger partial charge on any atom is -0.365 e. The number of nitrogens with zero attached hydrogens (tertiary/aromatic N) is 4. The van der Waals surface area contributed by atoms with Gasteiger partial charge in [-0.25, -0.2) is 4.98 Å². The molecule has 0 fully saturated rings. The maximum atomic E-state index is 12.8. The summed E-state index contributed by atoms with van der Waals surface area (Å²) >= 11 is 1.57. The van der Waals surface area contributed by atoms with Gasteiger partial charge in [-0.15, -0.1) is 0 Å². The molecule has 1 amide bonds. The quantitative estimate of drug-likeness (QED) is 0.375. The van der Waals surface area contributed by atoms with Crippen molar-refractivity contribution in [2.24, 2.45) is 0 Å². The lowest BCUT2D eigenvalue weighted by atomic mass is 10.1. The number of carbonyl (C=O) groups is 1. The lowest BCUT2D eigenvalue weighted by Gasteiger charge is -2.02. The minimum absolute atomic E-state index is 0.284. The minimum atomic E-state index is -0.284. The van der Waals surface area contributed by atoms with Crippen LogP contribution in [-0.4, -0.2) is 37.9 Å². The summed E-state index contributed by atoms with van der Waals surface area (Å²) in [6.07, 6.45) is 5.27. The molecule has 0 aliphatic heterocycles. The fourth-order valence-corrected chi connectivity index (χ4v) is 4.11. The van der Waals surface area contributed by atoms with Gasteiger partial charge in [-0.05, 0) is 23.3 Å². The van der Waals surface area contributed by atoms with Crippen LogP contribution in [0.15, 0.2) is 67.1 Å². The van der Waals surface area contributed by atoms with Gasteiger partial charge in [0.1, 0.15) is 0 Å². The molecule has 3 aromatic heterocycles. The van der Waals surface area contributed by atoms with Crippen LogP contribution in [-0.2, 0) is 6.54 Å². The third-order valence-electron chi connectivity index (χ3n) is 4.86. The maximum Gasteiger partial charge on any atom is 0.276 e. The van der Waals surface area contributed by atoms with Gasteiger partial charge in [0, 0.05) is 24.8 Å². The van der Waals surface area contributed by atoms with E-state index in [0.717, 1.165) is 32.0 Å². The first kappa shape index (κ1) is 19.0. The predicted molar refractivity (Wildman–Crippen MR) is 122 cm³/mol. The van der Waals surface area contributed by atoms with Crippen molar-refractivity contribution in [2.45, 2.75) is 6.54 Å². The lowest BCUT2D eigenvalue weighted by molar-refractivity contribution is 0.102. The Kier molecular flexibility index (Phi) is 4.93. The highest BCUT2D eigenvalue weighted by atomic mass is 32.1. The number of benzene rings is 2. The molecular weight excluding hydrogens is 410 g/mol. The first-order valence-corrected chi connectivity index (χ1v) is 10.5. The molecule has 0 aliphatic carbocycles. The smallest absolute Gasteiger partial charge is 0.276 e. The summed E-state index contributed by atoms with van der Waals surface area (Å²) in [6.45, 7) is 0.637. The Bertz CT molecular complexity index is 1350. The van der Waals surface area contributed by atoms with Gasteiger partial charge in [-0.2, -0.15) is 10.2 Å². The average Bonchev–Trinajstić information content (AvgIpc) is 3.53. The van der Waals surface area contributed by atoms with Crippen LogP contribution in [0.2, 0.25) is 0 Å². The molecule has 5 rings (SSSR count). The van der Waals surface area contributed by atoms with Crippen LogP contribution in [0.3, 0.4) is 0 Å². The molecule has 0 saturated carbocycles. The van der Waals surface area contributed by atoms with E-state index in [1.807, 2.05) is 61.8 Å². The Morgan fingerprint density at radius 2 is 2.03 bits per heavy atom. The van der Waals surface area contributed by atoms with Crippen molar-refractivity contribution in [2.75, 3.05) is 17.7 Å². The summed E-state index contributed by atoms with van der Waals surface area (Å²) in [7, 11) is 1.84. The van der Waals surface area contributed by atoms with Crippen molar-refractivity contribution in [1.29, 1.82) is 0 Å². The number of amides is 1. The van der Waals surface area contributed by atoms with Crippen LogP contribution in [0.25, 0.3) is 21.3 Å². The van der Waals surface area contributed by atoms with Gasteiger partial charge in [0.2, 0.25) is 0 Å². The number of aromatic amines is 1. The van der Waals surface area contributed by atoms with E-state index in [1.54, 1.807) is 28.4 Å². The Morgan fingerprint density at radius 3 is 2.84 bits per heavy atom. The summed E-state index contributed by atoms with van der Waals surface area (Å²) < 4.78 is 1.79. The van der Waals surface area contributed by atoms with E-state index in [-0.39, 0.29) is 5.91 Å². The van der Waals surface area contributed by atoms with Crippen LogP contribution in [0.4, 0.5) is 10.8 Å². The number of aromatic nitrogens is 5. The zero-order chi connectivity index (χ0) is 21.2. The van der Waals surface area contributed by atoms with E-state index in [1.165, 1.54) is 0 Å². The molecule has 154 valence electrons. The number of hydrogen-bond donors (Lipinski definition) is 3. The van der Waals surface area contributed by atoms with Crippen molar-refractivity contribution in [3.05, 3.63) is 78.4 Å². The molecule has 0 unspecified atom stereocenters. The van der Waals surface area contributed by atoms with Gasteiger partial charge in [-0.1, -0.05) is 47.7 Å². The van der Waals surface area contributed by atoms with Gasteiger partial charge in [0.15, 0.2) is 10.8 Å². The average molecular weight is 430 g/mol. The molecule has 0 spiro atoms. The summed E-state index contributed by atoms with van der Waals surface area (Å²) in [5, 5.41) is 19.1. The first-order valence-electron chi connectivity index (χ1n) is 9.69. The highest BCUT2D eigenvalue weighted by molar-refractivity contribution is 7.18. The molecule has 31 heavy (non-hydrogen) atoms. The molecule has 8 nitrogen and oxygen atoms in total. The lowest BCUT2D eigenvalue weighted by Crippen LogP contribution is -2.12. The number of fused-ring (bicyclic) bond motifs is 1. The molecule has 0 aliphatic rings. The monoisotopic (exact) mass is 429 g/mol. The molecule has 0 bridgehead atoms. The molecule has 3 N–H and O–H groups in total. The first-order chi connectivity index (χ1) is 15.2. The Morgan fingerprint density at radius 1 is 1.16 bits per heavy atom. The molecule has 3 heterocycles. The number of anilines is 2. The summed E-state index contributed by atoms with van der Waals surface area (Å²) in [5.74, 6) is -0.284. The summed E-state index contributed by atoms with van der Waals surface area (Å²) in [5.41, 5.74) is 3.92. The molecule has 0 atom stereocenters. The second-order valence-corrected chi connectivity index (χ2v) is 8.01. The summed E-state index contributed by atoms with van der Waals surface area (Å²) in [6, 6.07) is 15.9. The number of rotatable bonds is 6. The van der Waals surface area contributed by atoms with Crippen LogP contribution in [0, 0.1) is 0 Å². The summed E-state index contributed by atoms with van der Waals surface area (Å²) in [4.78, 5) is 18.2. The van der Waals surface area contributed by atoms with Crippen LogP contribution < -0.4 is 10.6 Å². The van der Waals surface area contributed by atoms with Gasteiger partial charge < -0.3 is 10.6 Å². The largest absolute Gasteiger partial charge is 0.365 e. The van der Waals surface area contributed by atoms with Crippen molar-refractivity contribution in [3.63, 3.8) is 0 Å². The molecule has 0 radical (unpaired) electrons. The van der Waals surface area contributed by atoms with E-state index in [9.17, 15) is 4.79 Å². The maximum absolute atomic E-state index is 12.8. The normalized spacial score (nSPS) is 11.0. The Balaban J connectivity index is 1.33. The number of carbonyl (C=O) groups excluding carboxylic acids is 1. The fraction of sp³-hybridized carbons (Fsp3) is 0.0909. The van der Waals surface area contributed by atoms with E-state index in [4.69, 9.17) is 0 Å². The van der Waals surface area contributed by atoms with Gasteiger partial charge in [-0.3, -0.25) is 14.6 Å². The number of thiazole rings is 1.